The maximum absolute atomic E-state index is 11.0. The molecule has 0 spiro atoms. The highest BCUT2D eigenvalue weighted by Crippen LogP contribution is 2.08. The Balaban J connectivity index is -0.000000341. The predicted molar refractivity (Wildman–Crippen MR) is 112 cm³/mol. The molecule has 2 rings (SSSR count). The van der Waals surface area contributed by atoms with Gasteiger partial charge in [0.25, 0.3) is 0 Å². The average Bonchev–Trinajstić information content (AvgIpc) is 2.68. The van der Waals surface area contributed by atoms with Crippen molar-refractivity contribution >= 4 is 51.5 Å². The number of aryl methyl sites for hydroxylation is 2. The molecule has 25 heavy (non-hydrogen) atoms. The number of carbonyl (C=O) groups excluding carboxylic acids is 2. The molecule has 0 saturated carbocycles. The second kappa shape index (κ2) is 13.7. The van der Waals surface area contributed by atoms with Crippen LogP contribution in [-0.2, 0) is 16.0 Å². The van der Waals surface area contributed by atoms with Crippen LogP contribution in [-0.4, -0.2) is 22.8 Å². The molecule has 0 fully saturated rings. The minimum atomic E-state index is -0.508. The Morgan fingerprint density at radius 2 is 1.44 bits per heavy atom. The molecule has 3 nitrogen and oxygen atoms in total. The number of ketones is 1. The zero-order chi connectivity index (χ0) is 21.2. The number of rotatable bonds is 4. The molecule has 0 radical (unpaired) electrons. The minimum Gasteiger partial charge on any atom is -0.399 e. The van der Waals surface area contributed by atoms with E-state index in [9.17, 15) is 9.59 Å². The summed E-state index contributed by atoms with van der Waals surface area (Å²) in [6.07, 6.45) is 0.455. The highest BCUT2D eigenvalue weighted by Gasteiger charge is 2.03. The van der Waals surface area contributed by atoms with Crippen molar-refractivity contribution < 1.29 is 14.0 Å². The van der Waals surface area contributed by atoms with E-state index in [1.807, 2.05) is 62.4 Å². The van der Waals surface area contributed by atoms with Gasteiger partial charge >= 0.3 is 0 Å². The Hall–Kier alpha value is -1.55. The summed E-state index contributed by atoms with van der Waals surface area (Å²) in [6, 6.07) is 15.7. The van der Waals surface area contributed by atoms with Gasteiger partial charge in [-0.1, -0.05) is 42.5 Å². The number of carbonyl (C=O) groups is 2. The van der Waals surface area contributed by atoms with Crippen molar-refractivity contribution in [2.24, 2.45) is 0 Å². The molecule has 0 aliphatic heterocycles. The molecule has 6 heteroatoms. The summed E-state index contributed by atoms with van der Waals surface area (Å²) in [6.45, 7) is 3.99. The summed E-state index contributed by atoms with van der Waals surface area (Å²) in [5.41, 5.74) is 9.76. The molecule has 0 atom stereocenters. The number of nitrogen functional groups attached to an aromatic ring is 1. The third-order valence-corrected chi connectivity index (χ3v) is 3.90. The number of Topliss-reactive ketones (excluding diaryl/α,β-unsaturated/α-hetero) is 1. The van der Waals surface area contributed by atoms with Crippen molar-refractivity contribution in [1.29, 1.82) is 0 Å². The van der Waals surface area contributed by atoms with Crippen molar-refractivity contribution in [2.45, 2.75) is 20.3 Å². The number of hydrogen-bond donors (Lipinski definition) is 1. The normalized spacial score (nSPS) is 9.48. The van der Waals surface area contributed by atoms with Gasteiger partial charge in [0.1, 0.15) is 0 Å². The molecular formula is C19H26Cl3NO2. The predicted octanol–water partition coefficient (Wildman–Crippen LogP) is 5.41. The van der Waals surface area contributed by atoms with Crippen LogP contribution in [0.15, 0.2) is 48.5 Å². The molecule has 0 aromatic heterocycles. The van der Waals surface area contributed by atoms with E-state index in [0.29, 0.717) is 6.42 Å². The smallest absolute Gasteiger partial charge is 0.236 e. The highest BCUT2D eigenvalue weighted by molar-refractivity contribution is 6.67. The van der Waals surface area contributed by atoms with Gasteiger partial charge in [0.2, 0.25) is 5.24 Å². The number of nitrogens with two attached hydrogens (primary N) is 1. The largest absolute Gasteiger partial charge is 0.399 e. The van der Waals surface area contributed by atoms with E-state index in [4.69, 9.17) is 43.5 Å². The van der Waals surface area contributed by atoms with Crippen LogP contribution in [0.5, 0.6) is 0 Å². The Morgan fingerprint density at radius 1 is 0.960 bits per heavy atom. The molecule has 0 heterocycles. The van der Waals surface area contributed by atoms with Crippen molar-refractivity contribution in [1.82, 2.24) is 0 Å². The van der Waals surface area contributed by atoms with Gasteiger partial charge in [-0.25, -0.2) is 0 Å². The minimum absolute atomic E-state index is 0. The van der Waals surface area contributed by atoms with Gasteiger partial charge in [-0.15, -0.1) is 23.2 Å². The second-order valence-electron chi connectivity index (χ2n) is 5.12. The third-order valence-electron chi connectivity index (χ3n) is 3.09. The molecule has 2 aromatic rings. The number of halogens is 3. The lowest BCUT2D eigenvalue weighted by molar-refractivity contribution is -0.116. The van der Waals surface area contributed by atoms with Gasteiger partial charge in [0.15, 0.2) is 5.78 Å². The van der Waals surface area contributed by atoms with Crippen molar-refractivity contribution in [3.05, 3.63) is 65.2 Å². The first-order valence-electron chi connectivity index (χ1n) is 8.49. The molecule has 2 aromatic carbocycles. The Bertz CT molecular complexity index is 668. The average molecular weight is 410 g/mol. The second-order valence-corrected chi connectivity index (χ2v) is 6.08. The lowest BCUT2D eigenvalue weighted by Crippen LogP contribution is -2.04. The van der Waals surface area contributed by atoms with E-state index in [-0.39, 0.29) is 19.0 Å². The number of anilines is 1. The van der Waals surface area contributed by atoms with Crippen LogP contribution < -0.4 is 5.73 Å². The van der Waals surface area contributed by atoms with Gasteiger partial charge in [-0.05, 0) is 48.2 Å². The molecule has 2 N–H and O–H groups in total. The summed E-state index contributed by atoms with van der Waals surface area (Å²) in [4.78, 5) is 20.4. The maximum Gasteiger partial charge on any atom is 0.236 e. The van der Waals surface area contributed by atoms with E-state index in [0.717, 1.165) is 22.4 Å². The van der Waals surface area contributed by atoms with Crippen LogP contribution in [0.25, 0.3) is 0 Å². The lowest BCUT2D eigenvalue weighted by Gasteiger charge is -2.01. The van der Waals surface area contributed by atoms with Gasteiger partial charge < -0.3 is 5.73 Å². The first-order valence-corrected chi connectivity index (χ1v) is 8.94. The lowest BCUT2D eigenvalue weighted by atomic mass is 10.0. The Kier molecular flexibility index (Phi) is 11.8. The number of hydrogen-bond acceptors (Lipinski definition) is 3. The van der Waals surface area contributed by atoms with Crippen LogP contribution in [0.4, 0.5) is 5.69 Å². The van der Waals surface area contributed by atoms with Gasteiger partial charge in [-0.3, -0.25) is 9.59 Å². The fourth-order valence-electron chi connectivity index (χ4n) is 1.65. The SMILES string of the molecule is Cc1ccccc1CC(=O)CCl.Cc1ccccc1N.O=C(Cl)CCl.[2HH].[2H][2H]. The van der Waals surface area contributed by atoms with E-state index in [1.165, 1.54) is 0 Å². The van der Waals surface area contributed by atoms with Crippen molar-refractivity contribution in [3.8, 4) is 0 Å². The molecule has 140 valence electrons. The first-order chi connectivity index (χ1) is 12.8. The molecular weight excluding hydrogens is 381 g/mol. The fourth-order valence-corrected chi connectivity index (χ4v) is 1.75. The summed E-state index contributed by atoms with van der Waals surface area (Å²) < 4.78 is 10.0. The molecule has 0 amide bonds. The van der Waals surface area contributed by atoms with Crippen molar-refractivity contribution in [3.63, 3.8) is 0 Å². The van der Waals surface area contributed by atoms with E-state index >= 15 is 0 Å². The molecule has 0 aliphatic rings. The summed E-state index contributed by atoms with van der Waals surface area (Å²) in [7, 11) is 0. The zero-order valence-corrected chi connectivity index (χ0v) is 16.5. The number of alkyl halides is 2. The van der Waals surface area contributed by atoms with Crippen LogP contribution >= 0.6 is 34.8 Å². The fraction of sp³-hybridized carbons (Fsp3) is 0.263. The van der Waals surface area contributed by atoms with E-state index < -0.39 is 5.24 Å². The van der Waals surface area contributed by atoms with Gasteiger partial charge in [-0.2, -0.15) is 0 Å². The topological polar surface area (TPSA) is 60.2 Å². The first kappa shape index (κ1) is 21.5. The van der Waals surface area contributed by atoms with E-state index in [1.54, 1.807) is 0 Å². The Labute approximate surface area is 168 Å². The summed E-state index contributed by atoms with van der Waals surface area (Å²) in [5.74, 6) is 0.0848. The summed E-state index contributed by atoms with van der Waals surface area (Å²) in [5, 5.41) is -0.508. The van der Waals surface area contributed by atoms with Gasteiger partial charge in [0, 0.05) is 16.5 Å². The highest BCUT2D eigenvalue weighted by atomic mass is 35.5. The molecule has 0 bridgehead atoms. The van der Waals surface area contributed by atoms with Crippen LogP contribution in [0.1, 0.15) is 21.1 Å². The zero-order valence-electron chi connectivity index (χ0n) is 16.3. The number of para-hydroxylation sites is 1. The van der Waals surface area contributed by atoms with Crippen LogP contribution in [0.2, 0.25) is 0 Å². The standard InChI is InChI=1S/C10H11ClO.C7H9N.C2H2Cl2O.2H2/c1-8-4-2-3-5-9(8)6-10(12)7-11;1-6-4-2-3-5-7(6)8;3-1-2(4)5;;/h2-5H,6-7H2,1H3;2-5H,8H2,1H3;1H2;2*1H/i;;;1+1D;1+1. The van der Waals surface area contributed by atoms with Crippen LogP contribution in [0.3, 0.4) is 0 Å². The molecule has 0 saturated heterocycles. The third kappa shape index (κ3) is 11.6. The monoisotopic (exact) mass is 408 g/mol. The van der Waals surface area contributed by atoms with Crippen molar-refractivity contribution in [2.75, 3.05) is 17.5 Å². The van der Waals surface area contributed by atoms with Gasteiger partial charge in [0.05, 0.1) is 11.8 Å². The molecule has 0 aliphatic carbocycles. The number of benzene rings is 2. The summed E-state index contributed by atoms with van der Waals surface area (Å²) >= 11 is 15.0. The quantitative estimate of drug-likeness (QED) is 0.417. The van der Waals surface area contributed by atoms with Crippen LogP contribution in [0, 0.1) is 13.8 Å². The Morgan fingerprint density at radius 3 is 1.80 bits per heavy atom. The van der Waals surface area contributed by atoms with E-state index in [2.05, 4.69) is 0 Å². The maximum atomic E-state index is 11.0. The molecule has 0 unspecified atom stereocenters.